The van der Waals surface area contributed by atoms with Crippen molar-refractivity contribution >= 4 is 12.0 Å². The van der Waals surface area contributed by atoms with Gasteiger partial charge in [0, 0.05) is 52.9 Å². The minimum Gasteiger partial charge on any atom is -0.377 e. The van der Waals surface area contributed by atoms with Crippen LogP contribution in [0.5, 0.6) is 0 Å². The third-order valence-corrected chi connectivity index (χ3v) is 5.21. The number of aliphatic imine (C=N–C) groups is 1. The highest BCUT2D eigenvalue weighted by atomic mass is 16.5. The Kier molecular flexibility index (Phi) is 8.81. The summed E-state index contributed by atoms with van der Waals surface area (Å²) in [4.78, 5) is 9.24. The third kappa shape index (κ3) is 6.93. The Morgan fingerprint density at radius 1 is 1.25 bits per heavy atom. The number of nitrogens with zero attached hydrogens (tertiary/aromatic N) is 3. The van der Waals surface area contributed by atoms with E-state index in [1.807, 2.05) is 13.1 Å². The molecule has 1 N–H and O–H groups in total. The van der Waals surface area contributed by atoms with Crippen LogP contribution in [0, 0.1) is 0 Å². The Labute approximate surface area is 169 Å². The fraction of sp³-hybridized carbons (Fsp3) is 0.591. The first-order valence-electron chi connectivity index (χ1n) is 10.4. The van der Waals surface area contributed by atoms with E-state index in [1.165, 1.54) is 5.56 Å². The van der Waals surface area contributed by atoms with Crippen molar-refractivity contribution in [2.75, 3.05) is 66.1 Å². The van der Waals surface area contributed by atoms with Crippen LogP contribution in [0.3, 0.4) is 0 Å². The smallest absolute Gasteiger partial charge is 0.193 e. The second-order valence-electron chi connectivity index (χ2n) is 7.28. The molecule has 0 radical (unpaired) electrons. The predicted molar refractivity (Wildman–Crippen MR) is 115 cm³/mol. The Morgan fingerprint density at radius 3 is 2.79 bits per heavy atom. The number of nitrogens with one attached hydrogen (secondary N) is 1. The molecular formula is C22H34N4O2. The second kappa shape index (κ2) is 11.8. The van der Waals surface area contributed by atoms with Crippen molar-refractivity contribution in [1.82, 2.24) is 15.1 Å². The van der Waals surface area contributed by atoms with Crippen LogP contribution in [0.25, 0.3) is 6.08 Å². The minimum atomic E-state index is 0.295. The molecule has 2 aliphatic heterocycles. The lowest BCUT2D eigenvalue weighted by Crippen LogP contribution is -2.52. The van der Waals surface area contributed by atoms with E-state index in [0.717, 1.165) is 64.7 Å². The predicted octanol–water partition coefficient (Wildman–Crippen LogP) is 2.09. The summed E-state index contributed by atoms with van der Waals surface area (Å²) in [6.45, 7) is 8.13. The number of piperazine rings is 1. The topological polar surface area (TPSA) is 49.3 Å². The largest absolute Gasteiger partial charge is 0.377 e. The van der Waals surface area contributed by atoms with E-state index < -0.39 is 0 Å². The van der Waals surface area contributed by atoms with Crippen molar-refractivity contribution < 1.29 is 9.47 Å². The van der Waals surface area contributed by atoms with Crippen molar-refractivity contribution in [2.45, 2.75) is 18.9 Å². The molecule has 0 bridgehead atoms. The normalized spacial score (nSPS) is 21.5. The molecule has 2 aliphatic rings. The van der Waals surface area contributed by atoms with Gasteiger partial charge in [-0.05, 0) is 18.4 Å². The molecule has 0 spiro atoms. The van der Waals surface area contributed by atoms with Crippen LogP contribution in [0.1, 0.15) is 18.4 Å². The summed E-state index contributed by atoms with van der Waals surface area (Å²) in [7, 11) is 1.85. The maximum Gasteiger partial charge on any atom is 0.193 e. The molecule has 2 heterocycles. The zero-order chi connectivity index (χ0) is 19.4. The lowest BCUT2D eigenvalue weighted by Gasteiger charge is -2.36. The standard InChI is InChI=1S/C22H34N4O2/c1-23-22(24-11-18-27-19-21-10-6-17-28-21)26-15-13-25(14-16-26)12-5-9-20-7-3-2-4-8-20/h2-5,7-9,21H,6,10-19H2,1H3,(H,23,24)/b9-5+. The summed E-state index contributed by atoms with van der Waals surface area (Å²) in [5.74, 6) is 0.972. The summed E-state index contributed by atoms with van der Waals surface area (Å²) >= 11 is 0. The van der Waals surface area contributed by atoms with E-state index in [2.05, 4.69) is 56.5 Å². The first-order chi connectivity index (χ1) is 13.8. The fourth-order valence-corrected chi connectivity index (χ4v) is 3.60. The van der Waals surface area contributed by atoms with Gasteiger partial charge in [-0.1, -0.05) is 42.5 Å². The molecule has 3 rings (SSSR count). The molecule has 1 unspecified atom stereocenters. The lowest BCUT2D eigenvalue weighted by molar-refractivity contribution is 0.0189. The zero-order valence-corrected chi connectivity index (χ0v) is 17.1. The maximum atomic E-state index is 5.72. The van der Waals surface area contributed by atoms with Gasteiger partial charge in [-0.3, -0.25) is 9.89 Å². The van der Waals surface area contributed by atoms with Gasteiger partial charge < -0.3 is 19.7 Å². The number of guanidine groups is 1. The van der Waals surface area contributed by atoms with Crippen LogP contribution in [0.15, 0.2) is 41.4 Å². The Hall–Kier alpha value is -1.89. The summed E-state index contributed by atoms with van der Waals surface area (Å²) in [5, 5.41) is 3.42. The average molecular weight is 387 g/mol. The number of rotatable bonds is 8. The monoisotopic (exact) mass is 386 g/mol. The fourth-order valence-electron chi connectivity index (χ4n) is 3.60. The van der Waals surface area contributed by atoms with Crippen LogP contribution in [-0.2, 0) is 9.47 Å². The molecule has 1 aromatic rings. The molecule has 2 fully saturated rings. The van der Waals surface area contributed by atoms with Crippen molar-refractivity contribution in [2.24, 2.45) is 4.99 Å². The molecule has 6 heteroatoms. The van der Waals surface area contributed by atoms with Crippen molar-refractivity contribution in [1.29, 1.82) is 0 Å². The second-order valence-corrected chi connectivity index (χ2v) is 7.28. The van der Waals surface area contributed by atoms with E-state index in [9.17, 15) is 0 Å². The number of hydrogen-bond donors (Lipinski definition) is 1. The summed E-state index contributed by atoms with van der Waals surface area (Å²) in [6.07, 6.45) is 7.03. The highest BCUT2D eigenvalue weighted by Crippen LogP contribution is 2.11. The van der Waals surface area contributed by atoms with Crippen LogP contribution < -0.4 is 5.32 Å². The molecule has 6 nitrogen and oxygen atoms in total. The summed E-state index contributed by atoms with van der Waals surface area (Å²) < 4.78 is 11.3. The number of ether oxygens (including phenoxy) is 2. The first-order valence-corrected chi connectivity index (χ1v) is 10.4. The van der Waals surface area contributed by atoms with Gasteiger partial charge >= 0.3 is 0 Å². The van der Waals surface area contributed by atoms with Gasteiger partial charge in [-0.2, -0.15) is 0 Å². The Morgan fingerprint density at radius 2 is 2.07 bits per heavy atom. The minimum absolute atomic E-state index is 0.295. The Balaban J connectivity index is 1.29. The van der Waals surface area contributed by atoms with E-state index in [0.29, 0.717) is 19.3 Å². The van der Waals surface area contributed by atoms with Gasteiger partial charge in [-0.15, -0.1) is 0 Å². The van der Waals surface area contributed by atoms with Crippen LogP contribution in [0.2, 0.25) is 0 Å². The molecule has 1 atom stereocenters. The van der Waals surface area contributed by atoms with Gasteiger partial charge in [0.25, 0.3) is 0 Å². The van der Waals surface area contributed by atoms with E-state index in [4.69, 9.17) is 9.47 Å². The van der Waals surface area contributed by atoms with E-state index in [1.54, 1.807) is 0 Å². The van der Waals surface area contributed by atoms with Crippen molar-refractivity contribution in [3.05, 3.63) is 42.0 Å². The quantitative estimate of drug-likeness (QED) is 0.421. The molecule has 154 valence electrons. The Bertz CT molecular complexity index is 606. The van der Waals surface area contributed by atoms with Crippen molar-refractivity contribution in [3.8, 4) is 0 Å². The molecule has 0 amide bonds. The highest BCUT2D eigenvalue weighted by molar-refractivity contribution is 5.80. The van der Waals surface area contributed by atoms with Gasteiger partial charge in [-0.25, -0.2) is 0 Å². The van der Waals surface area contributed by atoms with Gasteiger partial charge in [0.15, 0.2) is 5.96 Å². The van der Waals surface area contributed by atoms with Crippen LogP contribution >= 0.6 is 0 Å². The molecular weight excluding hydrogens is 352 g/mol. The lowest BCUT2D eigenvalue weighted by atomic mass is 10.2. The van der Waals surface area contributed by atoms with E-state index in [-0.39, 0.29) is 0 Å². The first kappa shape index (κ1) is 20.8. The molecule has 0 aliphatic carbocycles. The van der Waals surface area contributed by atoms with Crippen molar-refractivity contribution in [3.63, 3.8) is 0 Å². The molecule has 0 saturated carbocycles. The summed E-state index contributed by atoms with van der Waals surface area (Å²) in [5.41, 5.74) is 1.26. The van der Waals surface area contributed by atoms with Gasteiger partial charge in [0.1, 0.15) is 0 Å². The van der Waals surface area contributed by atoms with Crippen LogP contribution in [0.4, 0.5) is 0 Å². The van der Waals surface area contributed by atoms with Gasteiger partial charge in [0.2, 0.25) is 0 Å². The highest BCUT2D eigenvalue weighted by Gasteiger charge is 2.19. The molecule has 0 aromatic heterocycles. The zero-order valence-electron chi connectivity index (χ0n) is 17.1. The maximum absolute atomic E-state index is 5.72. The van der Waals surface area contributed by atoms with Crippen LogP contribution in [-0.4, -0.2) is 88.0 Å². The number of benzene rings is 1. The number of hydrogen-bond acceptors (Lipinski definition) is 4. The molecule has 2 saturated heterocycles. The average Bonchev–Trinajstić information content (AvgIpc) is 3.26. The third-order valence-electron chi connectivity index (χ3n) is 5.21. The van der Waals surface area contributed by atoms with Gasteiger partial charge in [0.05, 0.1) is 19.3 Å². The summed E-state index contributed by atoms with van der Waals surface area (Å²) in [6, 6.07) is 10.5. The molecule has 28 heavy (non-hydrogen) atoms. The molecule has 1 aromatic carbocycles. The van der Waals surface area contributed by atoms with E-state index >= 15 is 0 Å². The SMILES string of the molecule is CN=C(NCCOCC1CCCO1)N1CCN(C/C=C/c2ccccc2)CC1.